The van der Waals surface area contributed by atoms with Crippen molar-refractivity contribution in [1.29, 1.82) is 0 Å². The molecule has 0 aliphatic rings. The molecule has 2 rings (SSSR count). The zero-order valence-corrected chi connectivity index (χ0v) is 15.3. The van der Waals surface area contributed by atoms with E-state index in [1.807, 2.05) is 0 Å². The van der Waals surface area contributed by atoms with E-state index in [2.05, 4.69) is 36.6 Å². The van der Waals surface area contributed by atoms with E-state index in [4.69, 9.17) is 5.11 Å². The minimum Gasteiger partial charge on any atom is -0.478 e. The first kappa shape index (κ1) is 17.0. The molecule has 0 aromatic heterocycles. The molecule has 0 amide bonds. The summed E-state index contributed by atoms with van der Waals surface area (Å²) in [5.74, 6) is -1.12. The van der Waals surface area contributed by atoms with Crippen LogP contribution in [-0.2, 0) is 10.0 Å². The summed E-state index contributed by atoms with van der Waals surface area (Å²) < 4.78 is 28.4. The molecule has 0 aliphatic carbocycles. The van der Waals surface area contributed by atoms with Crippen LogP contribution in [0.3, 0.4) is 0 Å². The molecule has 22 heavy (non-hydrogen) atoms. The number of nitrogens with one attached hydrogen (secondary N) is 1. The molecule has 2 aromatic rings. The molecule has 0 heterocycles. The molecule has 0 radical (unpaired) electrons. The Morgan fingerprint density at radius 2 is 1.82 bits per heavy atom. The van der Waals surface area contributed by atoms with Gasteiger partial charge in [-0.1, -0.05) is 15.9 Å². The van der Waals surface area contributed by atoms with Crippen molar-refractivity contribution in [3.63, 3.8) is 0 Å². The Morgan fingerprint density at radius 3 is 2.36 bits per heavy atom. The number of halogens is 2. The Bertz CT molecular complexity index is 850. The van der Waals surface area contributed by atoms with Crippen molar-refractivity contribution in [2.45, 2.75) is 11.8 Å². The van der Waals surface area contributed by atoms with Crippen LogP contribution in [0.15, 0.2) is 50.2 Å². The predicted octanol–water partition coefficient (Wildman–Crippen LogP) is 4.02. The van der Waals surface area contributed by atoms with Gasteiger partial charge in [0.05, 0.1) is 11.3 Å². The number of carboxylic acids is 1. The number of hydrogen-bond acceptors (Lipinski definition) is 3. The average molecular weight is 449 g/mol. The zero-order valence-electron chi connectivity index (χ0n) is 11.3. The van der Waals surface area contributed by atoms with Crippen LogP contribution < -0.4 is 4.72 Å². The lowest BCUT2D eigenvalue weighted by Gasteiger charge is -2.12. The van der Waals surface area contributed by atoms with Gasteiger partial charge in [0.25, 0.3) is 10.0 Å². The number of aromatic carboxylic acids is 1. The highest BCUT2D eigenvalue weighted by molar-refractivity contribution is 9.10. The van der Waals surface area contributed by atoms with Crippen LogP contribution in [0.1, 0.15) is 15.9 Å². The molecule has 2 aromatic carbocycles. The number of benzene rings is 2. The first-order valence-electron chi connectivity index (χ1n) is 6.02. The Morgan fingerprint density at radius 1 is 1.14 bits per heavy atom. The summed E-state index contributed by atoms with van der Waals surface area (Å²) in [6.07, 6.45) is 0. The molecule has 0 saturated heterocycles. The van der Waals surface area contributed by atoms with Crippen molar-refractivity contribution in [1.82, 2.24) is 0 Å². The van der Waals surface area contributed by atoms with Crippen molar-refractivity contribution in [3.05, 3.63) is 56.5 Å². The highest BCUT2D eigenvalue weighted by Gasteiger charge is 2.20. The molecular weight excluding hydrogens is 438 g/mol. The van der Waals surface area contributed by atoms with E-state index in [0.717, 1.165) is 10.0 Å². The summed E-state index contributed by atoms with van der Waals surface area (Å²) in [6, 6.07) is 8.93. The van der Waals surface area contributed by atoms with Crippen LogP contribution in [0.2, 0.25) is 0 Å². The SMILES string of the molecule is Cc1cc(Br)ccc1NS(=O)(=O)c1ccc(C(=O)O)cc1Br. The standard InChI is InChI=1S/C14H11Br2NO4S/c1-8-6-10(15)3-4-12(8)17-22(20,21)13-5-2-9(14(18)19)7-11(13)16/h2-7,17H,1H3,(H,18,19). The van der Waals surface area contributed by atoms with Crippen LogP contribution in [0.4, 0.5) is 5.69 Å². The molecular formula is C14H11Br2NO4S. The van der Waals surface area contributed by atoms with E-state index in [9.17, 15) is 13.2 Å². The van der Waals surface area contributed by atoms with Gasteiger partial charge in [-0.15, -0.1) is 0 Å². The summed E-state index contributed by atoms with van der Waals surface area (Å²) in [5.41, 5.74) is 1.22. The largest absolute Gasteiger partial charge is 0.478 e. The van der Waals surface area contributed by atoms with Crippen LogP contribution in [0.25, 0.3) is 0 Å². The lowest BCUT2D eigenvalue weighted by atomic mass is 10.2. The summed E-state index contributed by atoms with van der Waals surface area (Å²) in [5, 5.41) is 8.91. The second-order valence-electron chi connectivity index (χ2n) is 4.52. The Hall–Kier alpha value is -1.38. The third-order valence-electron chi connectivity index (χ3n) is 2.90. The first-order valence-corrected chi connectivity index (χ1v) is 9.09. The zero-order chi connectivity index (χ0) is 16.5. The summed E-state index contributed by atoms with van der Waals surface area (Å²) >= 11 is 6.42. The Kier molecular flexibility index (Phi) is 4.93. The number of carboxylic acid groups (broad SMARTS) is 1. The maximum absolute atomic E-state index is 12.4. The van der Waals surface area contributed by atoms with Crippen molar-refractivity contribution >= 4 is 53.5 Å². The number of sulfonamides is 1. The fourth-order valence-corrected chi connectivity index (χ4v) is 4.48. The lowest BCUT2D eigenvalue weighted by Crippen LogP contribution is -2.14. The van der Waals surface area contributed by atoms with Gasteiger partial charge in [0.15, 0.2) is 0 Å². The predicted molar refractivity (Wildman–Crippen MR) is 90.8 cm³/mol. The molecule has 116 valence electrons. The smallest absolute Gasteiger partial charge is 0.335 e. The minimum atomic E-state index is -3.83. The fraction of sp³-hybridized carbons (Fsp3) is 0.0714. The van der Waals surface area contributed by atoms with Crippen molar-refractivity contribution in [3.8, 4) is 0 Å². The molecule has 5 nitrogen and oxygen atoms in total. The molecule has 0 bridgehead atoms. The molecule has 8 heteroatoms. The molecule has 0 aliphatic heterocycles. The molecule has 0 fully saturated rings. The maximum Gasteiger partial charge on any atom is 0.335 e. The summed E-state index contributed by atoms with van der Waals surface area (Å²) in [4.78, 5) is 10.9. The average Bonchev–Trinajstić information content (AvgIpc) is 2.41. The van der Waals surface area contributed by atoms with Gasteiger partial charge in [0.2, 0.25) is 0 Å². The Labute approximate surface area is 144 Å². The third kappa shape index (κ3) is 3.68. The normalized spacial score (nSPS) is 11.2. The quantitative estimate of drug-likeness (QED) is 0.739. The van der Waals surface area contributed by atoms with Gasteiger partial charge in [0, 0.05) is 8.95 Å². The first-order chi connectivity index (χ1) is 10.2. The molecule has 0 spiro atoms. The van der Waals surface area contributed by atoms with E-state index < -0.39 is 16.0 Å². The Balaban J connectivity index is 2.40. The molecule has 0 saturated carbocycles. The summed E-state index contributed by atoms with van der Waals surface area (Å²) in [6.45, 7) is 1.78. The number of carbonyl (C=O) groups is 1. The van der Waals surface area contributed by atoms with Crippen LogP contribution >= 0.6 is 31.9 Å². The number of hydrogen-bond donors (Lipinski definition) is 2. The number of anilines is 1. The van der Waals surface area contributed by atoms with Gasteiger partial charge in [-0.3, -0.25) is 4.72 Å². The van der Waals surface area contributed by atoms with E-state index in [0.29, 0.717) is 5.69 Å². The van der Waals surface area contributed by atoms with E-state index in [1.165, 1.54) is 18.2 Å². The van der Waals surface area contributed by atoms with Crippen molar-refractivity contribution in [2.24, 2.45) is 0 Å². The van der Waals surface area contributed by atoms with Gasteiger partial charge in [0.1, 0.15) is 4.90 Å². The number of aryl methyl sites for hydroxylation is 1. The second kappa shape index (κ2) is 6.39. The molecule has 0 unspecified atom stereocenters. The highest BCUT2D eigenvalue weighted by atomic mass is 79.9. The summed E-state index contributed by atoms with van der Waals surface area (Å²) in [7, 11) is -3.83. The van der Waals surface area contributed by atoms with Gasteiger partial charge in [-0.05, 0) is 64.8 Å². The third-order valence-corrected chi connectivity index (χ3v) is 5.74. The van der Waals surface area contributed by atoms with Crippen LogP contribution in [-0.4, -0.2) is 19.5 Å². The maximum atomic E-state index is 12.4. The highest BCUT2D eigenvalue weighted by Crippen LogP contribution is 2.27. The minimum absolute atomic E-state index is 0.00523. The van der Waals surface area contributed by atoms with Crippen LogP contribution in [0.5, 0.6) is 0 Å². The topological polar surface area (TPSA) is 83.5 Å². The van der Waals surface area contributed by atoms with Crippen molar-refractivity contribution in [2.75, 3.05) is 4.72 Å². The monoisotopic (exact) mass is 447 g/mol. The lowest BCUT2D eigenvalue weighted by molar-refractivity contribution is 0.0696. The van der Waals surface area contributed by atoms with Gasteiger partial charge in [-0.2, -0.15) is 0 Å². The molecule has 0 atom stereocenters. The van der Waals surface area contributed by atoms with E-state index >= 15 is 0 Å². The van der Waals surface area contributed by atoms with Gasteiger partial charge < -0.3 is 5.11 Å². The van der Waals surface area contributed by atoms with E-state index in [-0.39, 0.29) is 14.9 Å². The van der Waals surface area contributed by atoms with Crippen LogP contribution in [0, 0.1) is 6.92 Å². The van der Waals surface area contributed by atoms with Gasteiger partial charge >= 0.3 is 5.97 Å². The number of rotatable bonds is 4. The fourth-order valence-electron chi connectivity index (χ4n) is 1.79. The van der Waals surface area contributed by atoms with E-state index in [1.54, 1.807) is 25.1 Å². The van der Waals surface area contributed by atoms with Crippen molar-refractivity contribution < 1.29 is 18.3 Å². The molecule has 2 N–H and O–H groups in total. The second-order valence-corrected chi connectivity index (χ2v) is 7.94. The van der Waals surface area contributed by atoms with Gasteiger partial charge in [-0.25, -0.2) is 13.2 Å².